The van der Waals surface area contributed by atoms with Crippen LogP contribution in [0.3, 0.4) is 0 Å². The number of aliphatic hydroxyl groups is 1. The fraction of sp³-hybridized carbons (Fsp3) is 0.154. The molecule has 2 heterocycles. The fourth-order valence-electron chi connectivity index (χ4n) is 1.55. The molecule has 0 fully saturated rings. The second-order valence-electron chi connectivity index (χ2n) is 4.00. The van der Waals surface area contributed by atoms with Gasteiger partial charge in [0.05, 0.1) is 0 Å². The third-order valence-corrected chi connectivity index (χ3v) is 11.1. The number of hydrogen-bond acceptors (Lipinski definition) is 5. The molecule has 1 unspecified atom stereocenters. The second-order valence-corrected chi connectivity index (χ2v) is 12.5. The summed E-state index contributed by atoms with van der Waals surface area (Å²) in [6, 6.07) is 11.0. The van der Waals surface area contributed by atoms with E-state index < -0.39 is 35.2 Å². The average molecular weight is 450 g/mol. The van der Waals surface area contributed by atoms with Gasteiger partial charge in [0.15, 0.2) is 0 Å². The van der Waals surface area contributed by atoms with Gasteiger partial charge in [-0.15, -0.1) is 0 Å². The predicted octanol–water partition coefficient (Wildman–Crippen LogP) is -0.494. The van der Waals surface area contributed by atoms with Crippen molar-refractivity contribution in [1.82, 2.24) is 9.97 Å². The van der Waals surface area contributed by atoms with Crippen molar-refractivity contribution < 1.29 is 12.6 Å². The SMILES string of the molecule is CC(O)C(=O)[O][Tl]([c]1ccccn1)[c]1ccccn1. The first-order valence-electron chi connectivity index (χ1n) is 5.89. The number of pyridine rings is 2. The Bertz CT molecular complexity index is 495. The van der Waals surface area contributed by atoms with E-state index in [4.69, 9.17) is 2.69 Å². The molecule has 0 radical (unpaired) electrons. The molecule has 1 atom stereocenters. The minimum absolute atomic E-state index is 0.608. The van der Waals surface area contributed by atoms with Crippen molar-refractivity contribution in [2.75, 3.05) is 0 Å². The molecule has 0 aliphatic heterocycles. The maximum absolute atomic E-state index is 11.6. The quantitative estimate of drug-likeness (QED) is 0.638. The standard InChI is InChI=1S/2C5H4N.C3H6O3.Tl/c2*1-2-4-6-5-3-1;1-2(4)3(5)6;/h2*1-4H;2,4H,1H3,(H,5,6);/q;;;+1/p-1. The molecule has 0 saturated heterocycles. The number of hydrogen-bond donors (Lipinski definition) is 1. The molecule has 2 aromatic rings. The Morgan fingerprint density at radius 1 is 1.16 bits per heavy atom. The Balaban J connectivity index is 2.32. The van der Waals surface area contributed by atoms with Gasteiger partial charge in [0.1, 0.15) is 0 Å². The molecule has 0 aromatic carbocycles. The number of aromatic nitrogens is 2. The third kappa shape index (κ3) is 3.80. The number of aliphatic hydroxyl groups excluding tert-OH is 1. The number of carbonyl (C=O) groups excluding carboxylic acids is 1. The van der Waals surface area contributed by atoms with Crippen LogP contribution in [0.25, 0.3) is 0 Å². The summed E-state index contributed by atoms with van der Waals surface area (Å²) >= 11 is -3.24. The summed E-state index contributed by atoms with van der Waals surface area (Å²) in [7, 11) is 0. The zero-order valence-electron chi connectivity index (χ0n) is 10.4. The van der Waals surface area contributed by atoms with Gasteiger partial charge in [-0.25, -0.2) is 0 Å². The number of carbonyl (C=O) groups is 1. The zero-order valence-corrected chi connectivity index (χ0v) is 14.9. The molecule has 6 heteroatoms. The van der Waals surface area contributed by atoms with Crippen LogP contribution >= 0.6 is 0 Å². The van der Waals surface area contributed by atoms with Crippen LogP contribution in [0.5, 0.6) is 0 Å². The molecule has 2 aromatic heterocycles. The van der Waals surface area contributed by atoms with Crippen molar-refractivity contribution in [2.45, 2.75) is 13.0 Å². The van der Waals surface area contributed by atoms with E-state index in [2.05, 4.69) is 9.97 Å². The number of rotatable bonds is 4. The predicted molar refractivity (Wildman–Crippen MR) is 71.3 cm³/mol. The van der Waals surface area contributed by atoms with Gasteiger partial charge in [-0.2, -0.15) is 0 Å². The van der Waals surface area contributed by atoms with E-state index in [1.54, 1.807) is 12.4 Å². The van der Waals surface area contributed by atoms with Crippen LogP contribution < -0.4 is 6.51 Å². The second kappa shape index (κ2) is 6.71. The summed E-state index contributed by atoms with van der Waals surface area (Å²) in [4.78, 5) is 20.2. The minimum atomic E-state index is -3.24. The van der Waals surface area contributed by atoms with E-state index >= 15 is 0 Å². The molecular weight excluding hydrogens is 437 g/mol. The zero-order chi connectivity index (χ0) is 13.7. The van der Waals surface area contributed by atoms with E-state index in [0.29, 0.717) is 0 Å². The van der Waals surface area contributed by atoms with Gasteiger partial charge in [0, 0.05) is 0 Å². The van der Waals surface area contributed by atoms with Crippen LogP contribution in [0.15, 0.2) is 48.8 Å². The molecule has 2 rings (SSSR count). The summed E-state index contributed by atoms with van der Waals surface area (Å²) < 4.78 is 7.07. The summed E-state index contributed by atoms with van der Waals surface area (Å²) in [5.41, 5.74) is 0. The van der Waals surface area contributed by atoms with Crippen LogP contribution in [-0.4, -0.2) is 50.3 Å². The molecule has 0 amide bonds. The Morgan fingerprint density at radius 2 is 1.68 bits per heavy atom. The van der Waals surface area contributed by atoms with Crippen LogP contribution in [-0.2, 0) is 7.48 Å². The summed E-state index contributed by atoms with van der Waals surface area (Å²) in [6.45, 7) is 1.39. The van der Waals surface area contributed by atoms with Gasteiger partial charge in [-0.1, -0.05) is 0 Å². The average Bonchev–Trinajstić information content (AvgIpc) is 2.46. The van der Waals surface area contributed by atoms with Gasteiger partial charge < -0.3 is 0 Å². The van der Waals surface area contributed by atoms with Crippen LogP contribution in [0.4, 0.5) is 0 Å². The van der Waals surface area contributed by atoms with Crippen molar-refractivity contribution in [2.24, 2.45) is 0 Å². The van der Waals surface area contributed by atoms with Gasteiger partial charge in [0.2, 0.25) is 0 Å². The molecule has 5 nitrogen and oxygen atoms in total. The van der Waals surface area contributed by atoms with Crippen molar-refractivity contribution in [3.8, 4) is 0 Å². The Labute approximate surface area is 120 Å². The Kier molecular flexibility index (Phi) is 4.97. The Morgan fingerprint density at radius 3 is 2.05 bits per heavy atom. The van der Waals surface area contributed by atoms with Crippen LogP contribution in [0, 0.1) is 0 Å². The van der Waals surface area contributed by atoms with Gasteiger partial charge >= 0.3 is 120 Å². The van der Waals surface area contributed by atoms with Gasteiger partial charge in [-0.05, 0) is 0 Å². The van der Waals surface area contributed by atoms with Crippen molar-refractivity contribution in [3.05, 3.63) is 48.8 Å². The van der Waals surface area contributed by atoms with Crippen LogP contribution in [0.1, 0.15) is 6.92 Å². The molecule has 0 aliphatic rings. The molecule has 96 valence electrons. The van der Waals surface area contributed by atoms with Crippen LogP contribution in [0.2, 0.25) is 0 Å². The Hall–Kier alpha value is -1.35. The maximum atomic E-state index is 11.6. The van der Waals surface area contributed by atoms with Gasteiger partial charge in [-0.3, -0.25) is 0 Å². The molecule has 0 aliphatic carbocycles. The van der Waals surface area contributed by atoms with Gasteiger partial charge in [0.25, 0.3) is 0 Å². The third-order valence-electron chi connectivity index (χ3n) is 2.49. The summed E-state index contributed by atoms with van der Waals surface area (Å²) in [5.74, 6) is -0.608. The molecule has 0 saturated carbocycles. The van der Waals surface area contributed by atoms with E-state index in [-0.39, 0.29) is 0 Å². The van der Waals surface area contributed by atoms with Crippen molar-refractivity contribution >= 4 is 35.6 Å². The van der Waals surface area contributed by atoms with Crippen molar-refractivity contribution in [3.63, 3.8) is 0 Å². The molecule has 0 bridgehead atoms. The summed E-state index contributed by atoms with van der Waals surface area (Å²) in [6.07, 6.45) is 2.21. The fourth-order valence-corrected chi connectivity index (χ4v) is 9.28. The molecule has 0 spiro atoms. The molecular formula is C13H13N2O3Tl. The number of nitrogens with zero attached hydrogens (tertiary/aromatic N) is 2. The first kappa shape index (κ1) is 14.1. The first-order valence-corrected chi connectivity index (χ1v) is 12.2. The first-order chi connectivity index (χ1) is 9.18. The van der Waals surface area contributed by atoms with E-state index in [0.717, 1.165) is 6.51 Å². The monoisotopic (exact) mass is 450 g/mol. The topological polar surface area (TPSA) is 72.3 Å². The van der Waals surface area contributed by atoms with E-state index in [1.165, 1.54) is 6.92 Å². The van der Waals surface area contributed by atoms with E-state index in [9.17, 15) is 9.90 Å². The normalized spacial score (nSPS) is 11.7. The van der Waals surface area contributed by atoms with E-state index in [1.807, 2.05) is 36.4 Å². The summed E-state index contributed by atoms with van der Waals surface area (Å²) in [5, 5.41) is 9.28. The van der Waals surface area contributed by atoms with Crippen molar-refractivity contribution in [1.29, 1.82) is 0 Å². The molecule has 19 heavy (non-hydrogen) atoms. The molecule has 1 N–H and O–H groups in total.